The van der Waals surface area contributed by atoms with Crippen molar-refractivity contribution >= 4 is 27.3 Å². The number of carbonyl (C=O) groups is 1. The minimum Gasteiger partial charge on any atom is -0.462 e. The van der Waals surface area contributed by atoms with Gasteiger partial charge in [-0.25, -0.2) is 0 Å². The Kier molecular flexibility index (Phi) is 9.11. The van der Waals surface area contributed by atoms with Gasteiger partial charge in [0.2, 0.25) is 0 Å². The van der Waals surface area contributed by atoms with Crippen LogP contribution in [0.5, 0.6) is 0 Å². The molecular formula is C28H40N2O6S. The number of benzene rings is 1. The molecule has 1 unspecified atom stereocenters. The van der Waals surface area contributed by atoms with Crippen molar-refractivity contribution in [1.82, 2.24) is 9.47 Å². The minimum absolute atomic E-state index is 0.0333. The number of aromatic nitrogens is 1. The molecule has 0 bridgehead atoms. The van der Waals surface area contributed by atoms with Crippen LogP contribution in [-0.4, -0.2) is 58.2 Å². The first kappa shape index (κ1) is 27.8. The van der Waals surface area contributed by atoms with E-state index in [0.717, 1.165) is 51.7 Å². The zero-order valence-electron chi connectivity index (χ0n) is 21.7. The molecule has 3 atom stereocenters. The standard InChI is InChI=1S/C28H38N2O2.H2O4S/c1-3-14-29-18-20-17-26-24(23-12-9-13-25(29)27(20)23)16-21(19-30(26)15-4-2)28(31)32-22-10-7-5-6-8-11-22;1-5(2,3)4/h4,9,12-13,18,21-22,24,26H,2-3,5-8,10-11,14-17,19H2,1H3;(H2,1,2,3,4)/t21-,24?,26-;/m1./s1. The van der Waals surface area contributed by atoms with Crippen LogP contribution in [0.15, 0.2) is 37.1 Å². The molecule has 1 aromatic carbocycles. The highest BCUT2D eigenvalue weighted by Crippen LogP contribution is 2.45. The van der Waals surface area contributed by atoms with Gasteiger partial charge < -0.3 is 9.30 Å². The van der Waals surface area contributed by atoms with Crippen molar-refractivity contribution in [2.45, 2.75) is 89.3 Å². The lowest BCUT2D eigenvalue weighted by Gasteiger charge is -2.46. The van der Waals surface area contributed by atoms with Crippen LogP contribution in [-0.2, 0) is 32.9 Å². The molecule has 5 rings (SSSR count). The summed E-state index contributed by atoms with van der Waals surface area (Å²) in [5.74, 6) is 0.365. The van der Waals surface area contributed by atoms with E-state index in [-0.39, 0.29) is 18.0 Å². The Morgan fingerprint density at radius 2 is 1.89 bits per heavy atom. The molecule has 9 heteroatoms. The van der Waals surface area contributed by atoms with Crippen LogP contribution >= 0.6 is 0 Å². The number of fused-ring (bicyclic) bond motifs is 2. The van der Waals surface area contributed by atoms with Crippen LogP contribution in [0.2, 0.25) is 0 Å². The van der Waals surface area contributed by atoms with Crippen molar-refractivity contribution in [3.05, 3.63) is 48.2 Å². The molecule has 1 saturated heterocycles. The van der Waals surface area contributed by atoms with E-state index in [9.17, 15) is 4.79 Å². The summed E-state index contributed by atoms with van der Waals surface area (Å²) in [6.45, 7) is 8.93. The topological polar surface area (TPSA) is 109 Å². The first-order valence-corrected chi connectivity index (χ1v) is 14.9. The van der Waals surface area contributed by atoms with Gasteiger partial charge in [-0.1, -0.05) is 38.0 Å². The number of ether oxygens (including phenoxy) is 1. The van der Waals surface area contributed by atoms with Crippen LogP contribution in [0.1, 0.15) is 75.3 Å². The Morgan fingerprint density at radius 1 is 1.19 bits per heavy atom. The zero-order chi connectivity index (χ0) is 26.6. The van der Waals surface area contributed by atoms with E-state index in [2.05, 4.69) is 47.4 Å². The maximum atomic E-state index is 13.3. The Labute approximate surface area is 220 Å². The van der Waals surface area contributed by atoms with Gasteiger partial charge in [-0.2, -0.15) is 8.42 Å². The van der Waals surface area contributed by atoms with E-state index in [1.165, 1.54) is 47.7 Å². The molecule has 2 heterocycles. The summed E-state index contributed by atoms with van der Waals surface area (Å²) in [5.41, 5.74) is 4.26. The minimum atomic E-state index is -4.67. The predicted octanol–water partition coefficient (Wildman–Crippen LogP) is 5.18. The molecule has 204 valence electrons. The number of piperidine rings is 1. The first-order valence-electron chi connectivity index (χ1n) is 13.6. The molecule has 2 aliphatic carbocycles. The average molecular weight is 533 g/mol. The van der Waals surface area contributed by atoms with Crippen molar-refractivity contribution in [3.8, 4) is 0 Å². The van der Waals surface area contributed by atoms with Gasteiger partial charge in [0.1, 0.15) is 6.10 Å². The third kappa shape index (κ3) is 6.82. The quantitative estimate of drug-likeness (QED) is 0.228. The van der Waals surface area contributed by atoms with Gasteiger partial charge in [0.05, 0.1) is 5.92 Å². The van der Waals surface area contributed by atoms with Crippen molar-refractivity contribution in [1.29, 1.82) is 0 Å². The number of esters is 1. The number of hydrogen-bond acceptors (Lipinski definition) is 5. The molecule has 2 N–H and O–H groups in total. The molecule has 1 saturated carbocycles. The normalized spacial score (nSPS) is 24.5. The van der Waals surface area contributed by atoms with E-state index in [1.54, 1.807) is 0 Å². The first-order chi connectivity index (χ1) is 17.7. The number of hydrogen-bond donors (Lipinski definition) is 2. The molecule has 0 amide bonds. The second-order valence-electron chi connectivity index (χ2n) is 10.6. The largest absolute Gasteiger partial charge is 0.462 e. The summed E-state index contributed by atoms with van der Waals surface area (Å²) < 4.78 is 40.1. The molecule has 0 radical (unpaired) electrons. The Morgan fingerprint density at radius 3 is 2.54 bits per heavy atom. The van der Waals surface area contributed by atoms with Crippen LogP contribution < -0.4 is 0 Å². The van der Waals surface area contributed by atoms with Gasteiger partial charge >= 0.3 is 16.4 Å². The molecule has 8 nitrogen and oxygen atoms in total. The van der Waals surface area contributed by atoms with Gasteiger partial charge in [0.25, 0.3) is 0 Å². The fraction of sp³-hybridized carbons (Fsp3) is 0.607. The van der Waals surface area contributed by atoms with Gasteiger partial charge in [-0.15, -0.1) is 6.58 Å². The molecule has 1 aliphatic heterocycles. The molecule has 2 fully saturated rings. The highest BCUT2D eigenvalue weighted by atomic mass is 32.3. The second kappa shape index (κ2) is 12.1. The maximum Gasteiger partial charge on any atom is 0.394 e. The fourth-order valence-corrected chi connectivity index (χ4v) is 6.57. The molecule has 3 aliphatic rings. The van der Waals surface area contributed by atoms with Crippen LogP contribution in [0.25, 0.3) is 10.9 Å². The summed E-state index contributed by atoms with van der Waals surface area (Å²) >= 11 is 0. The number of aryl methyl sites for hydroxylation is 1. The lowest BCUT2D eigenvalue weighted by atomic mass is 9.72. The van der Waals surface area contributed by atoms with E-state index >= 15 is 0 Å². The van der Waals surface area contributed by atoms with E-state index in [1.807, 2.05) is 6.08 Å². The third-order valence-electron chi connectivity index (χ3n) is 8.02. The van der Waals surface area contributed by atoms with Crippen LogP contribution in [0, 0.1) is 5.92 Å². The van der Waals surface area contributed by atoms with Crippen LogP contribution in [0.4, 0.5) is 0 Å². The number of carbonyl (C=O) groups excluding carboxylic acids is 1. The Balaban J connectivity index is 0.000000586. The van der Waals surface area contributed by atoms with E-state index < -0.39 is 10.4 Å². The van der Waals surface area contributed by atoms with Gasteiger partial charge in [-0.3, -0.25) is 18.8 Å². The summed E-state index contributed by atoms with van der Waals surface area (Å²) in [6, 6.07) is 7.22. The van der Waals surface area contributed by atoms with Crippen molar-refractivity contribution < 1.29 is 27.1 Å². The smallest absolute Gasteiger partial charge is 0.394 e. The molecule has 37 heavy (non-hydrogen) atoms. The van der Waals surface area contributed by atoms with Crippen molar-refractivity contribution in [2.75, 3.05) is 13.1 Å². The maximum absolute atomic E-state index is 13.3. The number of nitrogens with zero attached hydrogens (tertiary/aromatic N) is 2. The predicted molar refractivity (Wildman–Crippen MR) is 144 cm³/mol. The Hall–Kier alpha value is -2.20. The zero-order valence-corrected chi connectivity index (χ0v) is 22.5. The highest BCUT2D eigenvalue weighted by Gasteiger charge is 2.43. The van der Waals surface area contributed by atoms with Gasteiger partial charge in [-0.05, 0) is 62.1 Å². The summed E-state index contributed by atoms with van der Waals surface area (Å²) in [4.78, 5) is 15.8. The fourth-order valence-electron chi connectivity index (χ4n) is 6.57. The lowest BCUT2D eigenvalue weighted by molar-refractivity contribution is -0.157. The lowest BCUT2D eigenvalue weighted by Crippen LogP contribution is -2.51. The number of likely N-dealkylation sites (tertiary alicyclic amines) is 1. The average Bonchev–Trinajstić information content (AvgIpc) is 3.00. The second-order valence-corrected chi connectivity index (χ2v) is 11.5. The highest BCUT2D eigenvalue weighted by molar-refractivity contribution is 7.79. The van der Waals surface area contributed by atoms with E-state index in [4.69, 9.17) is 22.3 Å². The summed E-state index contributed by atoms with van der Waals surface area (Å²) in [5, 5.41) is 1.44. The van der Waals surface area contributed by atoms with E-state index in [0.29, 0.717) is 12.0 Å². The summed E-state index contributed by atoms with van der Waals surface area (Å²) in [6.07, 6.45) is 14.6. The van der Waals surface area contributed by atoms with Crippen LogP contribution in [0.3, 0.4) is 0 Å². The monoisotopic (exact) mass is 532 g/mol. The molecule has 2 aromatic rings. The molecular weight excluding hydrogens is 492 g/mol. The number of rotatable bonds is 6. The Bertz CT molecular complexity index is 1190. The molecule has 1 aromatic heterocycles. The summed E-state index contributed by atoms with van der Waals surface area (Å²) in [7, 11) is -4.67. The van der Waals surface area contributed by atoms with Crippen molar-refractivity contribution in [3.63, 3.8) is 0 Å². The SMILES string of the molecule is C=CCN1C[C@H](C(=O)OC2CCCCCC2)CC2c3cccc4c3c(cn4CCC)C[C@H]21.O=S(=O)(O)O. The molecule has 0 spiro atoms. The van der Waals surface area contributed by atoms with Crippen molar-refractivity contribution in [2.24, 2.45) is 5.92 Å². The van der Waals surface area contributed by atoms with Gasteiger partial charge in [0.15, 0.2) is 0 Å². The third-order valence-corrected chi connectivity index (χ3v) is 8.02. The van der Waals surface area contributed by atoms with Gasteiger partial charge in [0, 0.05) is 48.7 Å².